The lowest BCUT2D eigenvalue weighted by Crippen LogP contribution is -2.39. The molecule has 3 rings (SSSR count). The van der Waals surface area contributed by atoms with Crippen molar-refractivity contribution in [2.24, 2.45) is 10.4 Å². The molecule has 0 bridgehead atoms. The van der Waals surface area contributed by atoms with Crippen LogP contribution in [0.4, 0.5) is 0 Å². The molecule has 0 spiro atoms. The van der Waals surface area contributed by atoms with Crippen molar-refractivity contribution in [1.82, 2.24) is 25.4 Å². The highest BCUT2D eigenvalue weighted by atomic mass is 127. The molecule has 0 amide bonds. The van der Waals surface area contributed by atoms with Crippen molar-refractivity contribution in [3.05, 3.63) is 11.6 Å². The molecule has 154 valence electrons. The SMILES string of the molecule is CCNC(=NCC1(CC)CCCC1)NCCc1nnc2n1CCCCC2.I. The summed E-state index contributed by atoms with van der Waals surface area (Å²) in [6.45, 7) is 8.21. The maximum atomic E-state index is 4.91. The van der Waals surface area contributed by atoms with Crippen LogP contribution in [0, 0.1) is 5.41 Å². The van der Waals surface area contributed by atoms with Gasteiger partial charge in [-0.3, -0.25) is 4.99 Å². The number of aromatic nitrogens is 3. The van der Waals surface area contributed by atoms with Crippen LogP contribution in [0.2, 0.25) is 0 Å². The van der Waals surface area contributed by atoms with E-state index < -0.39 is 0 Å². The molecular weight excluding hydrogens is 451 g/mol. The fourth-order valence-electron chi connectivity index (χ4n) is 4.36. The molecule has 0 saturated heterocycles. The highest BCUT2D eigenvalue weighted by Crippen LogP contribution is 2.41. The fourth-order valence-corrected chi connectivity index (χ4v) is 4.36. The summed E-state index contributed by atoms with van der Waals surface area (Å²) in [5.41, 5.74) is 0.437. The van der Waals surface area contributed by atoms with E-state index in [4.69, 9.17) is 4.99 Å². The molecule has 2 aliphatic rings. The number of hydrogen-bond acceptors (Lipinski definition) is 3. The van der Waals surface area contributed by atoms with Gasteiger partial charge >= 0.3 is 0 Å². The molecule has 0 radical (unpaired) electrons. The van der Waals surface area contributed by atoms with E-state index in [9.17, 15) is 0 Å². The third-order valence-corrected chi connectivity index (χ3v) is 6.16. The van der Waals surface area contributed by atoms with E-state index in [1.165, 1.54) is 57.2 Å². The first kappa shape index (κ1) is 22.4. The lowest BCUT2D eigenvalue weighted by Gasteiger charge is -2.25. The molecule has 27 heavy (non-hydrogen) atoms. The molecule has 1 aromatic rings. The Kier molecular flexibility index (Phi) is 9.32. The van der Waals surface area contributed by atoms with E-state index in [1.807, 2.05) is 0 Å². The predicted molar refractivity (Wildman–Crippen MR) is 122 cm³/mol. The molecule has 1 aliphatic carbocycles. The average molecular weight is 488 g/mol. The van der Waals surface area contributed by atoms with Crippen LogP contribution in [-0.4, -0.2) is 40.4 Å². The Morgan fingerprint density at radius 1 is 1.07 bits per heavy atom. The summed E-state index contributed by atoms with van der Waals surface area (Å²) in [5.74, 6) is 3.23. The van der Waals surface area contributed by atoms with Gasteiger partial charge in [-0.05, 0) is 44.4 Å². The average Bonchev–Trinajstić information content (AvgIpc) is 3.21. The van der Waals surface area contributed by atoms with Crippen LogP contribution in [-0.2, 0) is 19.4 Å². The third-order valence-electron chi connectivity index (χ3n) is 6.16. The summed E-state index contributed by atoms with van der Waals surface area (Å²) in [5, 5.41) is 15.7. The first-order valence-electron chi connectivity index (χ1n) is 10.7. The molecule has 1 fully saturated rings. The molecule has 1 aliphatic heterocycles. The van der Waals surface area contributed by atoms with Gasteiger partial charge in [0.25, 0.3) is 0 Å². The molecule has 0 unspecified atom stereocenters. The van der Waals surface area contributed by atoms with E-state index in [1.54, 1.807) is 0 Å². The highest BCUT2D eigenvalue weighted by molar-refractivity contribution is 14.0. The number of nitrogens with zero attached hydrogens (tertiary/aromatic N) is 4. The number of guanidine groups is 1. The number of fused-ring (bicyclic) bond motifs is 1. The van der Waals surface area contributed by atoms with Gasteiger partial charge < -0.3 is 15.2 Å². The van der Waals surface area contributed by atoms with Crippen LogP contribution in [0.15, 0.2) is 4.99 Å². The lowest BCUT2D eigenvalue weighted by atomic mass is 9.84. The minimum Gasteiger partial charge on any atom is -0.357 e. The van der Waals surface area contributed by atoms with Crippen LogP contribution >= 0.6 is 24.0 Å². The van der Waals surface area contributed by atoms with Crippen molar-refractivity contribution in [2.45, 2.75) is 84.6 Å². The van der Waals surface area contributed by atoms with Gasteiger partial charge in [0, 0.05) is 39.0 Å². The van der Waals surface area contributed by atoms with Crippen LogP contribution in [0.25, 0.3) is 0 Å². The van der Waals surface area contributed by atoms with Crippen LogP contribution in [0.5, 0.6) is 0 Å². The van der Waals surface area contributed by atoms with Gasteiger partial charge in [-0.25, -0.2) is 0 Å². The zero-order valence-electron chi connectivity index (χ0n) is 17.1. The van der Waals surface area contributed by atoms with Crippen LogP contribution in [0.1, 0.15) is 76.9 Å². The van der Waals surface area contributed by atoms with Gasteiger partial charge in [-0.15, -0.1) is 34.2 Å². The molecule has 1 saturated carbocycles. The Hall–Kier alpha value is -0.860. The summed E-state index contributed by atoms with van der Waals surface area (Å²) < 4.78 is 2.34. The van der Waals surface area contributed by atoms with Gasteiger partial charge in [0.15, 0.2) is 5.96 Å². The minimum atomic E-state index is 0. The fraction of sp³-hybridized carbons (Fsp3) is 0.850. The quantitative estimate of drug-likeness (QED) is 0.349. The van der Waals surface area contributed by atoms with Crippen molar-refractivity contribution in [2.75, 3.05) is 19.6 Å². The number of halogens is 1. The molecule has 2 heterocycles. The summed E-state index contributed by atoms with van der Waals surface area (Å²) in [7, 11) is 0. The topological polar surface area (TPSA) is 67.1 Å². The monoisotopic (exact) mass is 488 g/mol. The number of rotatable bonds is 7. The van der Waals surface area contributed by atoms with Gasteiger partial charge in [-0.1, -0.05) is 26.2 Å². The Balaban J connectivity index is 0.00000261. The second kappa shape index (κ2) is 11.2. The molecule has 0 aromatic carbocycles. The Morgan fingerprint density at radius 3 is 2.63 bits per heavy atom. The number of aryl methyl sites for hydroxylation is 1. The van der Waals surface area contributed by atoms with E-state index in [-0.39, 0.29) is 24.0 Å². The molecule has 2 N–H and O–H groups in total. The summed E-state index contributed by atoms with van der Waals surface area (Å²) in [6, 6.07) is 0. The largest absolute Gasteiger partial charge is 0.357 e. The molecule has 7 heteroatoms. The van der Waals surface area contributed by atoms with E-state index >= 15 is 0 Å². The minimum absolute atomic E-state index is 0. The Morgan fingerprint density at radius 2 is 1.89 bits per heavy atom. The number of nitrogens with one attached hydrogen (secondary N) is 2. The zero-order chi connectivity index (χ0) is 18.2. The summed E-state index contributed by atoms with van der Waals surface area (Å²) in [4.78, 5) is 4.91. The van der Waals surface area contributed by atoms with Crippen LogP contribution < -0.4 is 10.6 Å². The smallest absolute Gasteiger partial charge is 0.191 e. The summed E-state index contributed by atoms with van der Waals surface area (Å²) in [6.07, 6.45) is 12.4. The van der Waals surface area contributed by atoms with E-state index in [0.717, 1.165) is 50.8 Å². The Labute approximate surface area is 181 Å². The molecular formula is C20H37IN6. The standard InChI is InChI=1S/C20H36N6.HI/c1-3-20(12-7-8-13-20)16-23-19(21-4-2)22-14-11-18-25-24-17-10-6-5-9-15-26(17)18;/h3-16H2,1-2H3,(H2,21,22,23);1H. The second-order valence-corrected chi connectivity index (χ2v) is 7.93. The van der Waals surface area contributed by atoms with Gasteiger partial charge in [0.2, 0.25) is 0 Å². The van der Waals surface area contributed by atoms with Crippen molar-refractivity contribution in [1.29, 1.82) is 0 Å². The second-order valence-electron chi connectivity index (χ2n) is 7.93. The van der Waals surface area contributed by atoms with Gasteiger partial charge in [0.05, 0.1) is 0 Å². The maximum Gasteiger partial charge on any atom is 0.191 e. The Bertz CT molecular complexity index is 591. The maximum absolute atomic E-state index is 4.91. The molecule has 1 aromatic heterocycles. The lowest BCUT2D eigenvalue weighted by molar-refractivity contribution is 0.297. The number of aliphatic imine (C=N–C) groups is 1. The zero-order valence-corrected chi connectivity index (χ0v) is 19.4. The van der Waals surface area contributed by atoms with Crippen molar-refractivity contribution < 1.29 is 0 Å². The third kappa shape index (κ3) is 6.06. The highest BCUT2D eigenvalue weighted by Gasteiger charge is 2.31. The molecule has 6 nitrogen and oxygen atoms in total. The first-order valence-corrected chi connectivity index (χ1v) is 10.7. The molecule has 0 atom stereocenters. The van der Waals surface area contributed by atoms with Crippen molar-refractivity contribution in [3.8, 4) is 0 Å². The van der Waals surface area contributed by atoms with E-state index in [2.05, 4.69) is 39.2 Å². The predicted octanol–water partition coefficient (Wildman–Crippen LogP) is 3.69. The van der Waals surface area contributed by atoms with Gasteiger partial charge in [0.1, 0.15) is 11.6 Å². The van der Waals surface area contributed by atoms with Gasteiger partial charge in [-0.2, -0.15) is 0 Å². The van der Waals surface area contributed by atoms with Crippen molar-refractivity contribution in [3.63, 3.8) is 0 Å². The van der Waals surface area contributed by atoms with Crippen molar-refractivity contribution >= 4 is 29.9 Å². The number of hydrogen-bond donors (Lipinski definition) is 2. The van der Waals surface area contributed by atoms with Crippen LogP contribution in [0.3, 0.4) is 0 Å². The first-order chi connectivity index (χ1) is 12.8. The summed E-state index contributed by atoms with van der Waals surface area (Å²) >= 11 is 0. The normalized spacial score (nSPS) is 19.1. The van der Waals surface area contributed by atoms with E-state index in [0.29, 0.717) is 5.41 Å².